The molecule has 0 bridgehead atoms. The number of hydrogen-bond donors (Lipinski definition) is 3. The van der Waals surface area contributed by atoms with Gasteiger partial charge in [0, 0.05) is 11.7 Å². The number of carbonyl (C=O) groups is 4. The summed E-state index contributed by atoms with van der Waals surface area (Å²) in [5.41, 5.74) is 8.70. The minimum atomic E-state index is -1.29. The molecule has 2 unspecified atom stereocenters. The van der Waals surface area contributed by atoms with Gasteiger partial charge >= 0.3 is 6.09 Å². The molecule has 4 N–H and O–H groups in total. The molecule has 3 rings (SSSR count). The van der Waals surface area contributed by atoms with Crippen LogP contribution in [0.5, 0.6) is 0 Å². The second-order valence-corrected chi connectivity index (χ2v) is 11.3. The predicted molar refractivity (Wildman–Crippen MR) is 150 cm³/mol. The molecular weight excluding hydrogens is 496 g/mol. The van der Waals surface area contributed by atoms with E-state index in [0.29, 0.717) is 24.1 Å². The molecule has 1 aliphatic rings. The summed E-state index contributed by atoms with van der Waals surface area (Å²) in [5.74, 6) is -1.70. The summed E-state index contributed by atoms with van der Waals surface area (Å²) in [4.78, 5) is 54.4. The molecule has 9 nitrogen and oxygen atoms in total. The summed E-state index contributed by atoms with van der Waals surface area (Å²) in [6.45, 7) is 10.8. The van der Waals surface area contributed by atoms with Crippen LogP contribution in [-0.4, -0.2) is 46.4 Å². The van der Waals surface area contributed by atoms with Gasteiger partial charge < -0.3 is 26.0 Å². The Bertz CT molecular complexity index is 1210. The van der Waals surface area contributed by atoms with Gasteiger partial charge in [0.15, 0.2) is 0 Å². The number of amides is 4. The number of alkyl carbamates (subject to hydrolysis) is 1. The number of rotatable bonds is 9. The molecule has 39 heavy (non-hydrogen) atoms. The van der Waals surface area contributed by atoms with E-state index in [1.54, 1.807) is 20.8 Å². The van der Waals surface area contributed by atoms with Crippen molar-refractivity contribution in [3.8, 4) is 0 Å². The van der Waals surface area contributed by atoms with E-state index in [9.17, 15) is 19.2 Å². The van der Waals surface area contributed by atoms with Gasteiger partial charge in [-0.25, -0.2) is 4.79 Å². The van der Waals surface area contributed by atoms with E-state index < -0.39 is 42.0 Å². The molecule has 1 saturated carbocycles. The first-order valence-corrected chi connectivity index (χ1v) is 13.3. The number of anilines is 1. The van der Waals surface area contributed by atoms with Crippen molar-refractivity contribution in [2.45, 2.75) is 91.0 Å². The Hall–Kier alpha value is -3.88. The Morgan fingerprint density at radius 2 is 1.64 bits per heavy atom. The van der Waals surface area contributed by atoms with Gasteiger partial charge in [-0.3, -0.25) is 14.4 Å². The van der Waals surface area contributed by atoms with E-state index in [4.69, 9.17) is 10.5 Å². The van der Waals surface area contributed by atoms with Crippen molar-refractivity contribution in [3.63, 3.8) is 0 Å². The number of aryl methyl sites for hydroxylation is 3. The van der Waals surface area contributed by atoms with E-state index in [0.717, 1.165) is 23.1 Å². The number of carbonyl (C=O) groups excluding carboxylic acids is 4. The lowest BCUT2D eigenvalue weighted by molar-refractivity contribution is -0.146. The first kappa shape index (κ1) is 29.7. The lowest BCUT2D eigenvalue weighted by Gasteiger charge is -2.43. The van der Waals surface area contributed by atoms with Crippen LogP contribution in [0.4, 0.5) is 10.5 Å². The molecule has 4 amide bonds. The zero-order valence-electron chi connectivity index (χ0n) is 23.7. The highest BCUT2D eigenvalue weighted by Gasteiger charge is 2.42. The molecule has 0 aromatic heterocycles. The molecule has 2 aromatic rings. The third-order valence-electron chi connectivity index (χ3n) is 6.73. The van der Waals surface area contributed by atoms with Crippen molar-refractivity contribution in [1.82, 2.24) is 10.2 Å². The van der Waals surface area contributed by atoms with Gasteiger partial charge in [-0.1, -0.05) is 48.0 Å². The lowest BCUT2D eigenvalue weighted by Crippen LogP contribution is -2.57. The summed E-state index contributed by atoms with van der Waals surface area (Å²) >= 11 is 0. The van der Waals surface area contributed by atoms with Crippen LogP contribution in [0.1, 0.15) is 74.8 Å². The minimum Gasteiger partial charge on any atom is -0.444 e. The standard InChI is InChI=1S/C30H40N4O5/c1-18-10-7-13-21(16-18)26(27(36)33-25-19(2)11-8-12-20(25)3)34(22-14-9-15-22)28(37)23(17-24(31)35)32-29(38)39-30(4,5)6/h7-8,10-13,16,22-23,26H,9,14-15,17H2,1-6H3,(H2,31,35)(H,32,38)(H,33,36). The van der Waals surface area contributed by atoms with Gasteiger partial charge in [0.2, 0.25) is 11.8 Å². The second kappa shape index (κ2) is 12.3. The first-order chi connectivity index (χ1) is 18.3. The molecule has 210 valence electrons. The molecule has 0 spiro atoms. The molecular formula is C30H40N4O5. The van der Waals surface area contributed by atoms with Crippen molar-refractivity contribution in [3.05, 3.63) is 64.7 Å². The number of nitrogens with zero attached hydrogens (tertiary/aromatic N) is 1. The Labute approximate surface area is 230 Å². The fraction of sp³-hybridized carbons (Fsp3) is 0.467. The maximum Gasteiger partial charge on any atom is 0.408 e. The largest absolute Gasteiger partial charge is 0.444 e. The normalized spacial score (nSPS) is 14.9. The first-order valence-electron chi connectivity index (χ1n) is 13.3. The van der Waals surface area contributed by atoms with E-state index in [2.05, 4.69) is 10.6 Å². The van der Waals surface area contributed by atoms with Crippen molar-refractivity contribution < 1.29 is 23.9 Å². The third kappa shape index (κ3) is 7.81. The van der Waals surface area contributed by atoms with Crippen molar-refractivity contribution in [2.75, 3.05) is 5.32 Å². The van der Waals surface area contributed by atoms with Crippen LogP contribution < -0.4 is 16.4 Å². The number of ether oxygens (including phenoxy) is 1. The van der Waals surface area contributed by atoms with Crippen LogP contribution in [0.15, 0.2) is 42.5 Å². The maximum atomic E-state index is 14.2. The van der Waals surface area contributed by atoms with Crippen LogP contribution in [0.3, 0.4) is 0 Å². The zero-order chi connectivity index (χ0) is 28.9. The second-order valence-electron chi connectivity index (χ2n) is 11.3. The highest BCUT2D eigenvalue weighted by atomic mass is 16.6. The van der Waals surface area contributed by atoms with E-state index >= 15 is 0 Å². The quantitative estimate of drug-likeness (QED) is 0.436. The molecule has 2 aromatic carbocycles. The van der Waals surface area contributed by atoms with Gasteiger partial charge in [-0.05, 0) is 77.5 Å². The maximum absolute atomic E-state index is 14.2. The average Bonchev–Trinajstić information content (AvgIpc) is 2.77. The highest BCUT2D eigenvalue weighted by molar-refractivity contribution is 6.00. The Morgan fingerprint density at radius 1 is 1.03 bits per heavy atom. The lowest BCUT2D eigenvalue weighted by atomic mass is 9.87. The van der Waals surface area contributed by atoms with Gasteiger partial charge in [0.1, 0.15) is 17.7 Å². The molecule has 0 radical (unpaired) electrons. The number of primary amides is 1. The van der Waals surface area contributed by atoms with E-state index in [-0.39, 0.29) is 11.9 Å². The fourth-order valence-electron chi connectivity index (χ4n) is 4.70. The summed E-state index contributed by atoms with van der Waals surface area (Å²) in [6.07, 6.45) is 1.01. The van der Waals surface area contributed by atoms with E-state index in [1.807, 2.05) is 63.2 Å². The van der Waals surface area contributed by atoms with Crippen molar-refractivity contribution in [2.24, 2.45) is 5.73 Å². The van der Waals surface area contributed by atoms with E-state index in [1.165, 1.54) is 4.90 Å². The number of para-hydroxylation sites is 1. The fourth-order valence-corrected chi connectivity index (χ4v) is 4.70. The highest BCUT2D eigenvalue weighted by Crippen LogP contribution is 2.35. The molecule has 1 aliphatic carbocycles. The molecule has 0 saturated heterocycles. The minimum absolute atomic E-state index is 0.248. The molecule has 0 aliphatic heterocycles. The van der Waals surface area contributed by atoms with Crippen molar-refractivity contribution in [1.29, 1.82) is 0 Å². The molecule has 2 atom stereocenters. The third-order valence-corrected chi connectivity index (χ3v) is 6.73. The van der Waals surface area contributed by atoms with Crippen LogP contribution in [0, 0.1) is 20.8 Å². The molecule has 0 heterocycles. The number of nitrogens with one attached hydrogen (secondary N) is 2. The summed E-state index contributed by atoms with van der Waals surface area (Å²) in [5, 5.41) is 5.58. The van der Waals surface area contributed by atoms with Gasteiger partial charge in [0.25, 0.3) is 5.91 Å². The van der Waals surface area contributed by atoms with Crippen LogP contribution >= 0.6 is 0 Å². The summed E-state index contributed by atoms with van der Waals surface area (Å²) < 4.78 is 5.34. The Kier molecular flexibility index (Phi) is 9.37. The predicted octanol–water partition coefficient (Wildman–Crippen LogP) is 4.44. The van der Waals surface area contributed by atoms with Gasteiger partial charge in [0.05, 0.1) is 6.42 Å². The van der Waals surface area contributed by atoms with Crippen LogP contribution in [0.25, 0.3) is 0 Å². The Balaban J connectivity index is 2.06. The molecule has 9 heteroatoms. The zero-order valence-corrected chi connectivity index (χ0v) is 23.7. The van der Waals surface area contributed by atoms with Crippen LogP contribution in [0.2, 0.25) is 0 Å². The number of benzene rings is 2. The molecule has 1 fully saturated rings. The Morgan fingerprint density at radius 3 is 2.15 bits per heavy atom. The SMILES string of the molecule is Cc1cccc(C(C(=O)Nc2c(C)cccc2C)N(C(=O)C(CC(N)=O)NC(=O)OC(C)(C)C)C2CCC2)c1. The van der Waals surface area contributed by atoms with Gasteiger partial charge in [-0.2, -0.15) is 0 Å². The monoisotopic (exact) mass is 536 g/mol. The number of nitrogens with two attached hydrogens (primary N) is 1. The summed E-state index contributed by atoms with van der Waals surface area (Å²) in [6, 6.07) is 10.6. The summed E-state index contributed by atoms with van der Waals surface area (Å²) in [7, 11) is 0. The smallest absolute Gasteiger partial charge is 0.408 e. The van der Waals surface area contributed by atoms with Crippen molar-refractivity contribution >= 4 is 29.5 Å². The topological polar surface area (TPSA) is 131 Å². The average molecular weight is 537 g/mol. The van der Waals surface area contributed by atoms with Gasteiger partial charge in [-0.15, -0.1) is 0 Å². The number of hydrogen-bond acceptors (Lipinski definition) is 5. The van der Waals surface area contributed by atoms with Crippen LogP contribution in [-0.2, 0) is 19.1 Å².